The van der Waals surface area contributed by atoms with Crippen molar-refractivity contribution in [3.05, 3.63) is 74.1 Å². The number of halogens is 1. The topological polar surface area (TPSA) is 84.6 Å². The number of carbonyl (C=O) groups is 1. The van der Waals surface area contributed by atoms with E-state index >= 15 is 0 Å². The third kappa shape index (κ3) is 3.58. The molecular weight excluding hydrogens is 350 g/mol. The van der Waals surface area contributed by atoms with Crippen LogP contribution in [0.5, 0.6) is 0 Å². The lowest BCUT2D eigenvalue weighted by Gasteiger charge is -1.96. The van der Waals surface area contributed by atoms with E-state index in [0.29, 0.717) is 15.3 Å². The molecule has 0 saturated heterocycles. The zero-order valence-electron chi connectivity index (χ0n) is 12.1. The van der Waals surface area contributed by atoms with Crippen LogP contribution in [0.1, 0.15) is 15.2 Å². The Morgan fingerprint density at radius 1 is 1.21 bits per heavy atom. The number of rotatable bonds is 4. The summed E-state index contributed by atoms with van der Waals surface area (Å²) in [6.45, 7) is 0. The normalized spacial score (nSPS) is 11.0. The molecule has 1 N–H and O–H groups in total. The molecular formula is C16H10ClN3O3S. The fourth-order valence-electron chi connectivity index (χ4n) is 2.03. The van der Waals surface area contributed by atoms with Gasteiger partial charge in [-0.05, 0) is 29.8 Å². The molecule has 24 heavy (non-hydrogen) atoms. The Morgan fingerprint density at radius 3 is 2.67 bits per heavy atom. The van der Waals surface area contributed by atoms with E-state index in [1.165, 1.54) is 29.7 Å². The summed E-state index contributed by atoms with van der Waals surface area (Å²) >= 11 is 7.04. The van der Waals surface area contributed by atoms with Gasteiger partial charge in [-0.2, -0.15) is 5.10 Å². The van der Waals surface area contributed by atoms with Gasteiger partial charge in [0.15, 0.2) is 0 Å². The molecule has 3 rings (SSSR count). The van der Waals surface area contributed by atoms with Crippen LogP contribution in [0.2, 0.25) is 5.02 Å². The van der Waals surface area contributed by atoms with Gasteiger partial charge in [0, 0.05) is 27.2 Å². The van der Waals surface area contributed by atoms with Gasteiger partial charge in [0.05, 0.1) is 16.0 Å². The second kappa shape index (κ2) is 6.77. The number of amides is 1. The lowest BCUT2D eigenvalue weighted by Crippen LogP contribution is -2.16. The molecule has 0 saturated carbocycles. The molecule has 0 aliphatic rings. The highest BCUT2D eigenvalue weighted by molar-refractivity contribution is 7.20. The summed E-state index contributed by atoms with van der Waals surface area (Å²) in [5.74, 6) is -0.371. The summed E-state index contributed by atoms with van der Waals surface area (Å²) < 4.78 is 0.799. The molecule has 0 atom stereocenters. The molecule has 0 bridgehead atoms. The Labute approximate surface area is 145 Å². The zero-order valence-corrected chi connectivity index (χ0v) is 13.7. The second-order valence-electron chi connectivity index (χ2n) is 4.84. The Balaban J connectivity index is 1.73. The van der Waals surface area contributed by atoms with Gasteiger partial charge in [-0.3, -0.25) is 14.9 Å². The van der Waals surface area contributed by atoms with Gasteiger partial charge < -0.3 is 0 Å². The van der Waals surface area contributed by atoms with Gasteiger partial charge >= 0.3 is 0 Å². The number of fused-ring (bicyclic) bond motifs is 1. The molecule has 0 fully saturated rings. The summed E-state index contributed by atoms with van der Waals surface area (Å²) in [6.07, 6.45) is 1.51. The van der Waals surface area contributed by atoms with Crippen LogP contribution in [-0.2, 0) is 0 Å². The maximum atomic E-state index is 12.1. The Kier molecular flexibility index (Phi) is 4.54. The lowest BCUT2D eigenvalue weighted by atomic mass is 10.2. The van der Waals surface area contributed by atoms with E-state index in [4.69, 9.17) is 11.6 Å². The van der Waals surface area contributed by atoms with E-state index in [-0.39, 0.29) is 11.6 Å². The number of nitro groups is 1. The molecule has 0 aliphatic heterocycles. The minimum absolute atomic E-state index is 0.00647. The molecule has 0 unspecified atom stereocenters. The van der Waals surface area contributed by atoms with Crippen LogP contribution >= 0.6 is 22.9 Å². The molecule has 0 aliphatic carbocycles. The van der Waals surface area contributed by atoms with Crippen molar-refractivity contribution < 1.29 is 9.72 Å². The van der Waals surface area contributed by atoms with Gasteiger partial charge in [-0.15, -0.1) is 11.3 Å². The number of hydrazone groups is 1. The molecule has 8 heteroatoms. The molecule has 1 amide bonds. The number of benzene rings is 2. The van der Waals surface area contributed by atoms with Crippen LogP contribution in [0, 0.1) is 10.1 Å². The summed E-state index contributed by atoms with van der Waals surface area (Å²) in [5.41, 5.74) is 3.23. The first kappa shape index (κ1) is 16.1. The average Bonchev–Trinajstić information content (AvgIpc) is 2.99. The predicted molar refractivity (Wildman–Crippen MR) is 95.0 cm³/mol. The lowest BCUT2D eigenvalue weighted by molar-refractivity contribution is -0.384. The van der Waals surface area contributed by atoms with Crippen molar-refractivity contribution in [2.75, 3.05) is 0 Å². The van der Waals surface area contributed by atoms with Gasteiger partial charge in [0.1, 0.15) is 0 Å². The van der Waals surface area contributed by atoms with Crippen LogP contribution in [0.15, 0.2) is 53.6 Å². The first-order valence-electron chi connectivity index (χ1n) is 6.80. The Bertz CT molecular complexity index is 951. The number of thiophene rings is 1. The van der Waals surface area contributed by atoms with Gasteiger partial charge in [-0.25, -0.2) is 5.43 Å². The number of nitro benzene ring substituents is 1. The second-order valence-corrected chi connectivity index (χ2v) is 6.36. The average molecular weight is 360 g/mol. The molecule has 1 aromatic heterocycles. The SMILES string of the molecule is O=C(N/N=C\c1ccc(Cl)cc1)c1cc2cc([N+](=O)[O-])ccc2s1. The fraction of sp³-hybridized carbons (Fsp3) is 0. The molecule has 2 aromatic carbocycles. The van der Waals surface area contributed by atoms with E-state index in [9.17, 15) is 14.9 Å². The van der Waals surface area contributed by atoms with Crippen LogP contribution in [-0.4, -0.2) is 17.0 Å². The van der Waals surface area contributed by atoms with Crippen molar-refractivity contribution in [3.63, 3.8) is 0 Å². The van der Waals surface area contributed by atoms with E-state index in [0.717, 1.165) is 10.3 Å². The monoisotopic (exact) mass is 359 g/mol. The van der Waals surface area contributed by atoms with E-state index < -0.39 is 4.92 Å². The van der Waals surface area contributed by atoms with Crippen molar-refractivity contribution in [2.24, 2.45) is 5.10 Å². The summed E-state index contributed by atoms with van der Waals surface area (Å²) in [7, 11) is 0. The molecule has 0 radical (unpaired) electrons. The number of nitrogens with zero attached hydrogens (tertiary/aromatic N) is 2. The summed E-state index contributed by atoms with van der Waals surface area (Å²) in [5, 5.41) is 16.0. The molecule has 3 aromatic rings. The molecule has 1 heterocycles. The van der Waals surface area contributed by atoms with E-state index in [2.05, 4.69) is 10.5 Å². The standard InChI is InChI=1S/C16H10ClN3O3S/c17-12-3-1-10(2-4-12)9-18-19-16(21)15-8-11-7-13(20(22)23)5-6-14(11)24-15/h1-9H,(H,19,21)/b18-9-. The number of non-ortho nitro benzene ring substituents is 1. The largest absolute Gasteiger partial charge is 0.281 e. The third-order valence-corrected chi connectivity index (χ3v) is 4.55. The zero-order chi connectivity index (χ0) is 17.1. The molecule has 120 valence electrons. The summed E-state index contributed by atoms with van der Waals surface area (Å²) in [4.78, 5) is 22.9. The maximum Gasteiger partial charge on any atom is 0.281 e. The highest BCUT2D eigenvalue weighted by atomic mass is 35.5. The van der Waals surface area contributed by atoms with E-state index in [1.807, 2.05) is 0 Å². The third-order valence-electron chi connectivity index (χ3n) is 3.18. The highest BCUT2D eigenvalue weighted by Crippen LogP contribution is 2.28. The van der Waals surface area contributed by atoms with Crippen molar-refractivity contribution in [2.45, 2.75) is 0 Å². The van der Waals surface area contributed by atoms with Gasteiger partial charge in [0.25, 0.3) is 11.6 Å². The predicted octanol–water partition coefficient (Wildman–Crippen LogP) is 4.23. The van der Waals surface area contributed by atoms with Crippen molar-refractivity contribution in [1.29, 1.82) is 0 Å². The van der Waals surface area contributed by atoms with Crippen molar-refractivity contribution in [1.82, 2.24) is 5.43 Å². The first-order chi connectivity index (χ1) is 11.5. The van der Waals surface area contributed by atoms with Gasteiger partial charge in [-0.1, -0.05) is 23.7 Å². The van der Waals surface area contributed by atoms with Crippen molar-refractivity contribution in [3.8, 4) is 0 Å². The maximum absolute atomic E-state index is 12.1. The number of carbonyl (C=O) groups excluding carboxylic acids is 1. The fourth-order valence-corrected chi connectivity index (χ4v) is 3.08. The Morgan fingerprint density at radius 2 is 1.96 bits per heavy atom. The number of hydrogen-bond acceptors (Lipinski definition) is 5. The van der Waals surface area contributed by atoms with Gasteiger partial charge in [0.2, 0.25) is 0 Å². The summed E-state index contributed by atoms with van der Waals surface area (Å²) in [6, 6.07) is 13.1. The Hall–Kier alpha value is -2.77. The quantitative estimate of drug-likeness (QED) is 0.430. The van der Waals surface area contributed by atoms with Crippen molar-refractivity contribution >= 4 is 50.8 Å². The smallest absolute Gasteiger partial charge is 0.266 e. The van der Waals surface area contributed by atoms with Crippen LogP contribution in [0.4, 0.5) is 5.69 Å². The first-order valence-corrected chi connectivity index (χ1v) is 7.99. The number of hydrogen-bond donors (Lipinski definition) is 1. The minimum Gasteiger partial charge on any atom is -0.266 e. The van der Waals surface area contributed by atoms with Crippen LogP contribution < -0.4 is 5.43 Å². The van der Waals surface area contributed by atoms with Crippen LogP contribution in [0.25, 0.3) is 10.1 Å². The van der Waals surface area contributed by atoms with E-state index in [1.54, 1.807) is 36.4 Å². The highest BCUT2D eigenvalue weighted by Gasteiger charge is 2.12. The number of nitrogens with one attached hydrogen (secondary N) is 1. The van der Waals surface area contributed by atoms with Crippen LogP contribution in [0.3, 0.4) is 0 Å². The molecule has 0 spiro atoms. The molecule has 6 nitrogen and oxygen atoms in total. The minimum atomic E-state index is -0.465.